The molecule has 0 aromatic heterocycles. The second-order valence-corrected chi connectivity index (χ2v) is 3.11. The second-order valence-electron chi connectivity index (χ2n) is 3.11. The Morgan fingerprint density at radius 1 is 1.54 bits per heavy atom. The Kier molecular flexibility index (Phi) is 6.96. The van der Waals surface area contributed by atoms with E-state index in [0.717, 1.165) is 19.3 Å². The predicted octanol–water partition coefficient (Wildman–Crippen LogP) is 0.427. The van der Waals surface area contributed by atoms with Crippen LogP contribution in [0.4, 0.5) is 0 Å². The fourth-order valence-corrected chi connectivity index (χ4v) is 1.04. The van der Waals surface area contributed by atoms with Crippen molar-refractivity contribution in [2.24, 2.45) is 0 Å². The van der Waals surface area contributed by atoms with Crippen molar-refractivity contribution in [3.63, 3.8) is 0 Å². The van der Waals surface area contributed by atoms with Crippen LogP contribution < -0.4 is 10.6 Å². The van der Waals surface area contributed by atoms with Gasteiger partial charge in [-0.3, -0.25) is 9.59 Å². The van der Waals surface area contributed by atoms with E-state index in [1.807, 2.05) is 6.92 Å². The van der Waals surface area contributed by atoms with Gasteiger partial charge in [0.25, 0.3) is 0 Å². The minimum Gasteiger partial charge on any atom is -0.352 e. The highest BCUT2D eigenvalue weighted by Crippen LogP contribution is 1.98. The van der Waals surface area contributed by atoms with Gasteiger partial charge in [0.1, 0.15) is 0 Å². The molecule has 76 valence electrons. The van der Waals surface area contributed by atoms with Gasteiger partial charge in [0.15, 0.2) is 0 Å². The molecule has 4 nitrogen and oxygen atoms in total. The molecule has 0 saturated carbocycles. The third kappa shape index (κ3) is 7.31. The minimum absolute atomic E-state index is 0.0694. The highest BCUT2D eigenvalue weighted by molar-refractivity contribution is 5.79. The molecule has 0 aromatic rings. The van der Waals surface area contributed by atoms with E-state index in [1.54, 1.807) is 0 Å². The van der Waals surface area contributed by atoms with Crippen molar-refractivity contribution >= 4 is 12.3 Å². The van der Waals surface area contributed by atoms with E-state index in [2.05, 4.69) is 17.6 Å². The van der Waals surface area contributed by atoms with Crippen molar-refractivity contribution in [2.75, 3.05) is 6.54 Å². The Bertz CT molecular complexity index is 160. The van der Waals surface area contributed by atoms with Crippen molar-refractivity contribution < 1.29 is 9.59 Å². The molecule has 0 aliphatic heterocycles. The summed E-state index contributed by atoms with van der Waals surface area (Å²) in [6, 6.07) is 0.195. The summed E-state index contributed by atoms with van der Waals surface area (Å²) < 4.78 is 0. The average Bonchev–Trinajstić information content (AvgIpc) is 2.11. The van der Waals surface area contributed by atoms with Crippen LogP contribution in [0, 0.1) is 0 Å². The summed E-state index contributed by atoms with van der Waals surface area (Å²) >= 11 is 0. The zero-order valence-electron chi connectivity index (χ0n) is 8.30. The number of carbonyl (C=O) groups is 2. The summed E-state index contributed by atoms with van der Waals surface area (Å²) in [7, 11) is 0. The summed E-state index contributed by atoms with van der Waals surface area (Å²) in [5.74, 6) is -0.129. The van der Waals surface area contributed by atoms with Crippen LogP contribution in [-0.4, -0.2) is 24.9 Å². The van der Waals surface area contributed by atoms with E-state index in [0.29, 0.717) is 6.41 Å². The van der Waals surface area contributed by atoms with Crippen LogP contribution in [0.1, 0.15) is 33.1 Å². The molecule has 13 heavy (non-hydrogen) atoms. The van der Waals surface area contributed by atoms with Gasteiger partial charge >= 0.3 is 0 Å². The third-order valence-electron chi connectivity index (χ3n) is 1.74. The third-order valence-corrected chi connectivity index (χ3v) is 1.74. The maximum Gasteiger partial charge on any atom is 0.239 e. The zero-order chi connectivity index (χ0) is 10.1. The van der Waals surface area contributed by atoms with Gasteiger partial charge in [-0.05, 0) is 13.3 Å². The van der Waals surface area contributed by atoms with Gasteiger partial charge in [-0.2, -0.15) is 0 Å². The molecule has 4 heteroatoms. The fourth-order valence-electron chi connectivity index (χ4n) is 1.04. The molecule has 0 aromatic carbocycles. The number of hydrogen-bond acceptors (Lipinski definition) is 2. The summed E-state index contributed by atoms with van der Waals surface area (Å²) in [4.78, 5) is 20.9. The highest BCUT2D eigenvalue weighted by atomic mass is 16.2. The van der Waals surface area contributed by atoms with Crippen LogP contribution in [0.5, 0.6) is 0 Å². The minimum atomic E-state index is -0.129. The molecular formula is C9H18N2O2. The SMILES string of the molecule is CCCCC(C)NC(=O)CNC=O. The van der Waals surface area contributed by atoms with Gasteiger partial charge in [-0.25, -0.2) is 0 Å². The topological polar surface area (TPSA) is 58.2 Å². The number of hydrogen-bond donors (Lipinski definition) is 2. The Labute approximate surface area is 79.1 Å². The molecule has 0 aliphatic carbocycles. The van der Waals surface area contributed by atoms with Crippen LogP contribution in [0.2, 0.25) is 0 Å². The molecule has 0 saturated heterocycles. The lowest BCUT2D eigenvalue weighted by Crippen LogP contribution is -2.38. The van der Waals surface area contributed by atoms with Gasteiger partial charge in [-0.15, -0.1) is 0 Å². The van der Waals surface area contributed by atoms with Crippen LogP contribution in [0.3, 0.4) is 0 Å². The molecule has 0 rings (SSSR count). The number of carbonyl (C=O) groups excluding carboxylic acids is 2. The summed E-state index contributed by atoms with van der Waals surface area (Å²) in [5, 5.41) is 5.11. The Morgan fingerprint density at radius 2 is 2.23 bits per heavy atom. The first-order chi connectivity index (χ1) is 6.20. The van der Waals surface area contributed by atoms with Crippen molar-refractivity contribution in [3.05, 3.63) is 0 Å². The van der Waals surface area contributed by atoms with Crippen molar-refractivity contribution in [1.29, 1.82) is 0 Å². The van der Waals surface area contributed by atoms with E-state index >= 15 is 0 Å². The van der Waals surface area contributed by atoms with E-state index in [-0.39, 0.29) is 18.5 Å². The lowest BCUT2D eigenvalue weighted by atomic mass is 10.1. The maximum atomic E-state index is 11.0. The van der Waals surface area contributed by atoms with Crippen molar-refractivity contribution in [3.8, 4) is 0 Å². The monoisotopic (exact) mass is 186 g/mol. The number of rotatable bonds is 7. The summed E-state index contributed by atoms with van der Waals surface area (Å²) in [6.45, 7) is 4.15. The molecule has 0 fully saturated rings. The van der Waals surface area contributed by atoms with E-state index in [1.165, 1.54) is 0 Å². The second kappa shape index (κ2) is 7.58. The lowest BCUT2D eigenvalue weighted by Gasteiger charge is -2.12. The van der Waals surface area contributed by atoms with Crippen molar-refractivity contribution in [1.82, 2.24) is 10.6 Å². The lowest BCUT2D eigenvalue weighted by molar-refractivity contribution is -0.122. The van der Waals surface area contributed by atoms with Crippen LogP contribution in [-0.2, 0) is 9.59 Å². The smallest absolute Gasteiger partial charge is 0.239 e. The first-order valence-corrected chi connectivity index (χ1v) is 4.67. The van der Waals surface area contributed by atoms with Gasteiger partial charge in [0.05, 0.1) is 6.54 Å². The van der Waals surface area contributed by atoms with E-state index in [4.69, 9.17) is 0 Å². The largest absolute Gasteiger partial charge is 0.352 e. The predicted molar refractivity (Wildman–Crippen MR) is 51.2 cm³/mol. The quantitative estimate of drug-likeness (QED) is 0.566. The molecule has 0 heterocycles. The summed E-state index contributed by atoms with van der Waals surface area (Å²) in [5.41, 5.74) is 0. The molecule has 0 aliphatic rings. The van der Waals surface area contributed by atoms with Crippen molar-refractivity contribution in [2.45, 2.75) is 39.2 Å². The van der Waals surface area contributed by atoms with Crippen LogP contribution in [0.15, 0.2) is 0 Å². The zero-order valence-corrected chi connectivity index (χ0v) is 8.30. The molecule has 2 N–H and O–H groups in total. The summed E-state index contributed by atoms with van der Waals surface area (Å²) in [6.07, 6.45) is 3.76. The molecule has 0 spiro atoms. The van der Waals surface area contributed by atoms with Gasteiger partial charge in [0, 0.05) is 6.04 Å². The molecule has 0 radical (unpaired) electrons. The molecule has 1 unspecified atom stereocenters. The van der Waals surface area contributed by atoms with Crippen LogP contribution >= 0.6 is 0 Å². The molecule has 2 amide bonds. The first kappa shape index (κ1) is 11.9. The van der Waals surface area contributed by atoms with E-state index < -0.39 is 0 Å². The first-order valence-electron chi connectivity index (χ1n) is 4.67. The molecule has 0 bridgehead atoms. The Balaban J connectivity index is 3.46. The molecule has 1 atom stereocenters. The van der Waals surface area contributed by atoms with Gasteiger partial charge in [-0.1, -0.05) is 19.8 Å². The Morgan fingerprint density at radius 3 is 2.77 bits per heavy atom. The normalized spacial score (nSPS) is 11.8. The standard InChI is InChI=1S/C9H18N2O2/c1-3-4-5-8(2)11-9(13)6-10-7-12/h7-8H,3-6H2,1-2H3,(H,10,12)(H,11,13). The average molecular weight is 186 g/mol. The van der Waals surface area contributed by atoms with E-state index in [9.17, 15) is 9.59 Å². The number of nitrogens with one attached hydrogen (secondary N) is 2. The number of unbranched alkanes of at least 4 members (excludes halogenated alkanes) is 1. The van der Waals surface area contributed by atoms with Gasteiger partial charge in [0.2, 0.25) is 12.3 Å². The number of amides is 2. The fraction of sp³-hybridized carbons (Fsp3) is 0.778. The molecular weight excluding hydrogens is 168 g/mol. The van der Waals surface area contributed by atoms with Gasteiger partial charge < -0.3 is 10.6 Å². The Hall–Kier alpha value is -1.06. The highest BCUT2D eigenvalue weighted by Gasteiger charge is 2.05. The maximum absolute atomic E-state index is 11.0. The van der Waals surface area contributed by atoms with Crippen LogP contribution in [0.25, 0.3) is 0 Å².